The first-order valence-corrected chi connectivity index (χ1v) is 6.17. The second-order valence-corrected chi connectivity index (χ2v) is 4.47. The Morgan fingerprint density at radius 3 is 2.82 bits per heavy atom. The molecule has 0 bridgehead atoms. The summed E-state index contributed by atoms with van der Waals surface area (Å²) in [6.07, 6.45) is 3.76. The van der Waals surface area contributed by atoms with Gasteiger partial charge in [-0.3, -0.25) is 0 Å². The van der Waals surface area contributed by atoms with Crippen LogP contribution in [0.15, 0.2) is 41.0 Å². The molecule has 90 valence electrons. The summed E-state index contributed by atoms with van der Waals surface area (Å²) in [7, 11) is 0. The van der Waals surface area contributed by atoms with Crippen LogP contribution in [-0.4, -0.2) is 0 Å². The normalized spacial score (nSPS) is 12.6. The predicted octanol–water partition coefficient (Wildman–Crippen LogP) is 3.93. The number of halogens is 1. The zero-order valence-electron chi connectivity index (χ0n) is 9.82. The molecule has 1 atom stereocenters. The van der Waals surface area contributed by atoms with Gasteiger partial charge in [-0.15, -0.1) is 0 Å². The van der Waals surface area contributed by atoms with E-state index in [1.807, 2.05) is 18.2 Å². The number of rotatable bonds is 4. The van der Waals surface area contributed by atoms with Crippen molar-refractivity contribution < 1.29 is 4.42 Å². The van der Waals surface area contributed by atoms with Crippen LogP contribution in [0.3, 0.4) is 0 Å². The molecule has 0 saturated carbocycles. The summed E-state index contributed by atoms with van der Waals surface area (Å²) in [5, 5.41) is 0.374. The van der Waals surface area contributed by atoms with Gasteiger partial charge in [0.15, 0.2) is 5.22 Å². The standard InChI is InChI=1S/C14H16ClNO/c1-2-4-10-5-3-6-11(9-10)13(16)12-7-8-17-14(12)15/h3,5-9,13H,2,4,16H2,1H3. The number of hydrogen-bond donors (Lipinski definition) is 1. The van der Waals surface area contributed by atoms with Gasteiger partial charge in [-0.05, 0) is 35.2 Å². The maximum atomic E-state index is 6.18. The van der Waals surface area contributed by atoms with Crippen LogP contribution in [0.5, 0.6) is 0 Å². The Bertz CT molecular complexity index is 492. The van der Waals surface area contributed by atoms with Crippen molar-refractivity contribution in [2.75, 3.05) is 0 Å². The van der Waals surface area contributed by atoms with Crippen LogP contribution in [0, 0.1) is 0 Å². The van der Waals surface area contributed by atoms with Crippen LogP contribution in [-0.2, 0) is 6.42 Å². The van der Waals surface area contributed by atoms with E-state index in [-0.39, 0.29) is 6.04 Å². The highest BCUT2D eigenvalue weighted by Gasteiger charge is 2.14. The topological polar surface area (TPSA) is 39.2 Å². The second kappa shape index (κ2) is 5.39. The third-order valence-corrected chi connectivity index (χ3v) is 3.14. The third kappa shape index (κ3) is 2.71. The lowest BCUT2D eigenvalue weighted by Gasteiger charge is -2.12. The molecule has 0 aliphatic carbocycles. The molecule has 0 radical (unpaired) electrons. The zero-order valence-corrected chi connectivity index (χ0v) is 10.6. The van der Waals surface area contributed by atoms with Gasteiger partial charge in [0.05, 0.1) is 12.3 Å². The van der Waals surface area contributed by atoms with Crippen LogP contribution in [0.25, 0.3) is 0 Å². The van der Waals surface area contributed by atoms with E-state index in [0.717, 1.165) is 24.0 Å². The summed E-state index contributed by atoms with van der Waals surface area (Å²) in [5.41, 5.74) is 9.39. The fourth-order valence-electron chi connectivity index (χ4n) is 1.94. The van der Waals surface area contributed by atoms with Gasteiger partial charge in [0, 0.05) is 5.56 Å². The maximum Gasteiger partial charge on any atom is 0.198 e. The minimum Gasteiger partial charge on any atom is -0.453 e. The quantitative estimate of drug-likeness (QED) is 0.892. The molecule has 0 fully saturated rings. The maximum absolute atomic E-state index is 6.18. The fourth-order valence-corrected chi connectivity index (χ4v) is 2.17. The Kier molecular flexibility index (Phi) is 3.87. The van der Waals surface area contributed by atoms with E-state index in [0.29, 0.717) is 5.22 Å². The van der Waals surface area contributed by atoms with E-state index in [1.165, 1.54) is 5.56 Å². The van der Waals surface area contributed by atoms with Crippen molar-refractivity contribution in [2.45, 2.75) is 25.8 Å². The largest absolute Gasteiger partial charge is 0.453 e. The molecule has 0 aliphatic heterocycles. The van der Waals surface area contributed by atoms with Crippen molar-refractivity contribution in [3.63, 3.8) is 0 Å². The lowest BCUT2D eigenvalue weighted by atomic mass is 9.99. The van der Waals surface area contributed by atoms with Crippen molar-refractivity contribution >= 4 is 11.6 Å². The van der Waals surface area contributed by atoms with Crippen molar-refractivity contribution in [3.05, 3.63) is 58.5 Å². The molecule has 2 N–H and O–H groups in total. The van der Waals surface area contributed by atoms with E-state index < -0.39 is 0 Å². The van der Waals surface area contributed by atoms with E-state index in [9.17, 15) is 0 Å². The minimum absolute atomic E-state index is 0.224. The number of furan rings is 1. The molecule has 17 heavy (non-hydrogen) atoms. The molecule has 0 aliphatic rings. The van der Waals surface area contributed by atoms with Crippen molar-refractivity contribution in [2.24, 2.45) is 5.73 Å². The van der Waals surface area contributed by atoms with Crippen LogP contribution < -0.4 is 5.73 Å². The highest BCUT2D eigenvalue weighted by Crippen LogP contribution is 2.27. The molecule has 2 nitrogen and oxygen atoms in total. The summed E-state index contributed by atoms with van der Waals surface area (Å²) in [5.74, 6) is 0. The van der Waals surface area contributed by atoms with Crippen molar-refractivity contribution in [3.8, 4) is 0 Å². The van der Waals surface area contributed by atoms with E-state index >= 15 is 0 Å². The zero-order chi connectivity index (χ0) is 12.3. The molecule has 2 rings (SSSR count). The van der Waals surface area contributed by atoms with Gasteiger partial charge < -0.3 is 10.2 Å². The molecule has 1 aromatic carbocycles. The Morgan fingerprint density at radius 1 is 1.35 bits per heavy atom. The summed E-state index contributed by atoms with van der Waals surface area (Å²) in [6, 6.07) is 9.91. The highest BCUT2D eigenvalue weighted by molar-refractivity contribution is 6.29. The minimum atomic E-state index is -0.224. The molecule has 1 aromatic heterocycles. The molecular formula is C14H16ClNO. The number of benzene rings is 1. The Labute approximate surface area is 106 Å². The molecule has 0 amide bonds. The highest BCUT2D eigenvalue weighted by atomic mass is 35.5. The van der Waals surface area contributed by atoms with Crippen LogP contribution >= 0.6 is 11.6 Å². The van der Waals surface area contributed by atoms with E-state index in [1.54, 1.807) is 6.26 Å². The smallest absolute Gasteiger partial charge is 0.198 e. The van der Waals surface area contributed by atoms with Gasteiger partial charge in [-0.1, -0.05) is 37.6 Å². The number of hydrogen-bond acceptors (Lipinski definition) is 2. The number of nitrogens with two attached hydrogens (primary N) is 1. The van der Waals surface area contributed by atoms with Gasteiger partial charge in [-0.2, -0.15) is 0 Å². The summed E-state index contributed by atoms with van der Waals surface area (Å²) in [4.78, 5) is 0. The first-order valence-electron chi connectivity index (χ1n) is 5.79. The van der Waals surface area contributed by atoms with Gasteiger partial charge >= 0.3 is 0 Å². The molecular weight excluding hydrogens is 234 g/mol. The SMILES string of the molecule is CCCc1cccc(C(N)c2ccoc2Cl)c1. The molecule has 1 heterocycles. The molecule has 3 heteroatoms. The average molecular weight is 250 g/mol. The first-order chi connectivity index (χ1) is 8.22. The van der Waals surface area contributed by atoms with E-state index in [2.05, 4.69) is 19.1 Å². The van der Waals surface area contributed by atoms with Gasteiger partial charge in [-0.25, -0.2) is 0 Å². The summed E-state index contributed by atoms with van der Waals surface area (Å²) >= 11 is 5.94. The lowest BCUT2D eigenvalue weighted by Crippen LogP contribution is -2.11. The van der Waals surface area contributed by atoms with Gasteiger partial charge in [0.25, 0.3) is 0 Å². The van der Waals surface area contributed by atoms with Gasteiger partial charge in [0.1, 0.15) is 0 Å². The molecule has 1 unspecified atom stereocenters. The third-order valence-electron chi connectivity index (χ3n) is 2.83. The lowest BCUT2D eigenvalue weighted by molar-refractivity contribution is 0.564. The van der Waals surface area contributed by atoms with Crippen LogP contribution in [0.4, 0.5) is 0 Å². The number of aryl methyl sites for hydroxylation is 1. The predicted molar refractivity (Wildman–Crippen MR) is 70.2 cm³/mol. The Hall–Kier alpha value is -1.25. The average Bonchev–Trinajstić information content (AvgIpc) is 2.75. The van der Waals surface area contributed by atoms with Crippen molar-refractivity contribution in [1.29, 1.82) is 0 Å². The monoisotopic (exact) mass is 249 g/mol. The summed E-state index contributed by atoms with van der Waals surface area (Å²) in [6.45, 7) is 2.17. The fraction of sp³-hybridized carbons (Fsp3) is 0.286. The molecule has 0 saturated heterocycles. The van der Waals surface area contributed by atoms with Gasteiger partial charge in [0.2, 0.25) is 0 Å². The van der Waals surface area contributed by atoms with Crippen LogP contribution in [0.2, 0.25) is 5.22 Å². The second-order valence-electron chi connectivity index (χ2n) is 4.12. The summed E-state index contributed by atoms with van der Waals surface area (Å²) < 4.78 is 5.07. The Balaban J connectivity index is 2.28. The van der Waals surface area contributed by atoms with Crippen molar-refractivity contribution in [1.82, 2.24) is 0 Å². The Morgan fingerprint density at radius 2 is 2.18 bits per heavy atom. The van der Waals surface area contributed by atoms with E-state index in [4.69, 9.17) is 21.8 Å². The first kappa shape index (κ1) is 12.2. The van der Waals surface area contributed by atoms with Crippen LogP contribution in [0.1, 0.15) is 36.1 Å². The molecule has 2 aromatic rings. The molecule has 0 spiro atoms.